The van der Waals surface area contributed by atoms with Crippen LogP contribution >= 0.6 is 11.3 Å². The molecule has 1 N–H and O–H groups in total. The fourth-order valence-electron chi connectivity index (χ4n) is 4.04. The molecule has 4 heterocycles. The van der Waals surface area contributed by atoms with Gasteiger partial charge in [-0.3, -0.25) is 4.79 Å². The van der Waals surface area contributed by atoms with E-state index in [-0.39, 0.29) is 17.9 Å². The Bertz CT molecular complexity index is 808. The molecule has 27 heavy (non-hydrogen) atoms. The minimum Gasteiger partial charge on any atom is -0.351 e. The van der Waals surface area contributed by atoms with Crippen LogP contribution in [-0.2, 0) is 0 Å². The molecule has 1 saturated heterocycles. The monoisotopic (exact) mass is 395 g/mol. The van der Waals surface area contributed by atoms with Crippen LogP contribution in [0.3, 0.4) is 0 Å². The number of hydrogen-bond acceptors (Lipinski definition) is 5. The van der Waals surface area contributed by atoms with E-state index in [1.54, 1.807) is 0 Å². The van der Waals surface area contributed by atoms with Crippen LogP contribution in [0, 0.1) is 19.8 Å². The van der Waals surface area contributed by atoms with E-state index < -0.39 is 12.5 Å². The first-order valence-corrected chi connectivity index (χ1v) is 10.1. The van der Waals surface area contributed by atoms with Crippen molar-refractivity contribution in [3.63, 3.8) is 0 Å². The second-order valence-corrected chi connectivity index (χ2v) is 8.65. The van der Waals surface area contributed by atoms with Crippen LogP contribution in [0.1, 0.15) is 45.4 Å². The second-order valence-electron chi connectivity index (χ2n) is 7.40. The normalized spacial score (nSPS) is 23.4. The predicted octanol–water partition coefficient (Wildman–Crippen LogP) is 3.50. The van der Waals surface area contributed by atoms with Crippen LogP contribution in [0.5, 0.6) is 0 Å². The molecule has 1 amide bonds. The van der Waals surface area contributed by atoms with E-state index in [0.29, 0.717) is 25.5 Å². The molecule has 2 aliphatic rings. The van der Waals surface area contributed by atoms with Gasteiger partial charge in [-0.05, 0) is 50.7 Å². The highest BCUT2D eigenvalue weighted by molar-refractivity contribution is 7.14. The summed E-state index contributed by atoms with van der Waals surface area (Å²) in [6.45, 7) is 5.35. The fourth-order valence-corrected chi connectivity index (χ4v) is 5.04. The molecule has 0 aromatic carbocycles. The van der Waals surface area contributed by atoms with E-state index >= 15 is 0 Å². The molecule has 2 atom stereocenters. The van der Waals surface area contributed by atoms with Crippen LogP contribution in [0.2, 0.25) is 0 Å². The van der Waals surface area contributed by atoms with E-state index in [1.807, 2.05) is 24.8 Å². The van der Waals surface area contributed by atoms with Gasteiger partial charge in [-0.1, -0.05) is 0 Å². The lowest BCUT2D eigenvalue weighted by Gasteiger charge is -2.39. The molecule has 2 aromatic heterocycles. The van der Waals surface area contributed by atoms with Crippen LogP contribution in [-0.4, -0.2) is 51.1 Å². The van der Waals surface area contributed by atoms with Crippen molar-refractivity contribution in [3.8, 4) is 0 Å². The lowest BCUT2D eigenvalue weighted by molar-refractivity contribution is 0.0538. The number of carbonyl (C=O) groups excluding carboxylic acids is 1. The zero-order valence-corrected chi connectivity index (χ0v) is 16.2. The summed E-state index contributed by atoms with van der Waals surface area (Å²) in [4.78, 5) is 20.6. The van der Waals surface area contributed by atoms with Crippen molar-refractivity contribution in [1.29, 1.82) is 0 Å². The third kappa shape index (κ3) is 3.44. The average Bonchev–Trinajstić information content (AvgIpc) is 3.27. The molecule has 0 bridgehead atoms. The Morgan fingerprint density at radius 2 is 2.07 bits per heavy atom. The molecule has 146 valence electrons. The third-order valence-electron chi connectivity index (χ3n) is 5.76. The van der Waals surface area contributed by atoms with Crippen LogP contribution in [0.4, 0.5) is 14.7 Å². The molecule has 2 aliphatic heterocycles. The molecular weight excluding hydrogens is 372 g/mol. The molecule has 0 aliphatic carbocycles. The molecule has 4 rings (SSSR count). The maximum atomic E-state index is 13.4. The van der Waals surface area contributed by atoms with Crippen molar-refractivity contribution in [1.82, 2.24) is 19.7 Å². The summed E-state index contributed by atoms with van der Waals surface area (Å²) < 4.78 is 28.2. The first kappa shape index (κ1) is 18.3. The molecule has 1 fully saturated rings. The smallest absolute Gasteiger partial charge is 0.263 e. The third-order valence-corrected chi connectivity index (χ3v) is 6.90. The molecular formula is C18H23F2N5OS. The number of rotatable bonds is 3. The molecule has 9 heteroatoms. The maximum Gasteiger partial charge on any atom is 0.263 e. The summed E-state index contributed by atoms with van der Waals surface area (Å²) in [6.07, 6.45) is 0.776. The molecule has 0 radical (unpaired) electrons. The number of piperidine rings is 1. The highest BCUT2D eigenvalue weighted by Crippen LogP contribution is 2.35. The number of anilines is 1. The van der Waals surface area contributed by atoms with Crippen molar-refractivity contribution in [2.45, 2.75) is 51.6 Å². The number of halogens is 2. The predicted molar refractivity (Wildman–Crippen MR) is 99.5 cm³/mol. The number of aryl methyl sites for hydroxylation is 2. The standard InChI is InChI=1S/C18H23F2N5OS/c1-10-7-15(27-11(10)2)17(26)24-5-3-12(4-6-24)13-8-14(16(19)20)25-18(23-13)21-9-22-25/h7,9,12-14,16H,3-6,8H2,1-2H3,(H,21,22,23)/t13-,14+/m0/s1. The van der Waals surface area contributed by atoms with Crippen molar-refractivity contribution in [2.75, 3.05) is 18.4 Å². The van der Waals surface area contributed by atoms with Gasteiger partial charge >= 0.3 is 0 Å². The summed E-state index contributed by atoms with van der Waals surface area (Å²) in [7, 11) is 0. The van der Waals surface area contributed by atoms with Gasteiger partial charge in [0.25, 0.3) is 12.3 Å². The number of nitrogens with one attached hydrogen (secondary N) is 1. The number of hydrogen-bond donors (Lipinski definition) is 1. The Morgan fingerprint density at radius 3 is 2.70 bits per heavy atom. The molecule has 2 aromatic rings. The highest BCUT2D eigenvalue weighted by Gasteiger charge is 2.38. The van der Waals surface area contributed by atoms with Gasteiger partial charge in [0.2, 0.25) is 5.95 Å². The van der Waals surface area contributed by atoms with Crippen LogP contribution in [0.15, 0.2) is 12.4 Å². The zero-order valence-electron chi connectivity index (χ0n) is 15.4. The number of carbonyl (C=O) groups is 1. The van der Waals surface area contributed by atoms with Gasteiger partial charge in [-0.15, -0.1) is 11.3 Å². The number of fused-ring (bicyclic) bond motifs is 1. The van der Waals surface area contributed by atoms with Crippen molar-refractivity contribution in [2.24, 2.45) is 5.92 Å². The SMILES string of the molecule is Cc1cc(C(=O)N2CCC([C@@H]3C[C@H](C(F)F)n4ncnc4N3)CC2)sc1C. The number of amides is 1. The van der Waals surface area contributed by atoms with E-state index in [1.165, 1.54) is 27.2 Å². The van der Waals surface area contributed by atoms with E-state index in [9.17, 15) is 13.6 Å². The van der Waals surface area contributed by atoms with Gasteiger partial charge in [0, 0.05) is 24.0 Å². The average molecular weight is 395 g/mol. The van der Waals surface area contributed by atoms with Crippen molar-refractivity contribution >= 4 is 23.2 Å². The number of aromatic nitrogens is 3. The fraction of sp³-hybridized carbons (Fsp3) is 0.611. The number of alkyl halides is 2. The van der Waals surface area contributed by atoms with E-state index in [4.69, 9.17) is 0 Å². The van der Waals surface area contributed by atoms with Gasteiger partial charge in [0.15, 0.2) is 0 Å². The quantitative estimate of drug-likeness (QED) is 0.864. The Balaban J connectivity index is 1.40. The van der Waals surface area contributed by atoms with E-state index in [0.717, 1.165) is 23.3 Å². The highest BCUT2D eigenvalue weighted by atomic mass is 32.1. The summed E-state index contributed by atoms with van der Waals surface area (Å²) in [5.41, 5.74) is 1.15. The Labute approximate surface area is 160 Å². The van der Waals surface area contributed by atoms with Crippen molar-refractivity contribution in [3.05, 3.63) is 27.7 Å². The Kier molecular flexibility index (Phi) is 4.88. The summed E-state index contributed by atoms with van der Waals surface area (Å²) >= 11 is 1.54. The topological polar surface area (TPSA) is 63.1 Å². The Hall–Kier alpha value is -2.03. The van der Waals surface area contributed by atoms with Gasteiger partial charge < -0.3 is 10.2 Å². The first-order chi connectivity index (χ1) is 12.9. The van der Waals surface area contributed by atoms with Gasteiger partial charge in [-0.25, -0.2) is 13.5 Å². The number of thiophene rings is 1. The van der Waals surface area contributed by atoms with Gasteiger partial charge in [0.1, 0.15) is 12.4 Å². The summed E-state index contributed by atoms with van der Waals surface area (Å²) in [5, 5.41) is 7.20. The first-order valence-electron chi connectivity index (χ1n) is 9.24. The van der Waals surface area contributed by atoms with Crippen LogP contribution < -0.4 is 5.32 Å². The summed E-state index contributed by atoms with van der Waals surface area (Å²) in [6, 6.07) is 0.951. The molecule has 0 saturated carbocycles. The number of nitrogens with zero attached hydrogens (tertiary/aromatic N) is 4. The molecule has 6 nitrogen and oxygen atoms in total. The van der Waals surface area contributed by atoms with Crippen molar-refractivity contribution < 1.29 is 13.6 Å². The second kappa shape index (κ2) is 7.18. The number of likely N-dealkylation sites (tertiary alicyclic amines) is 1. The van der Waals surface area contributed by atoms with E-state index in [2.05, 4.69) is 15.4 Å². The lowest BCUT2D eigenvalue weighted by Crippen LogP contribution is -2.46. The molecule has 0 spiro atoms. The largest absolute Gasteiger partial charge is 0.351 e. The minimum atomic E-state index is -2.47. The summed E-state index contributed by atoms with van der Waals surface area (Å²) in [5.74, 6) is 0.739. The van der Waals surface area contributed by atoms with Crippen LogP contribution in [0.25, 0.3) is 0 Å². The molecule has 0 unspecified atom stereocenters. The van der Waals surface area contributed by atoms with Gasteiger partial charge in [-0.2, -0.15) is 10.1 Å². The maximum absolute atomic E-state index is 13.4. The minimum absolute atomic E-state index is 0.0656. The van der Waals surface area contributed by atoms with Gasteiger partial charge in [0.05, 0.1) is 4.88 Å². The lowest BCUT2D eigenvalue weighted by atomic mass is 9.85. The zero-order chi connectivity index (χ0) is 19.1. The Morgan fingerprint density at radius 1 is 1.33 bits per heavy atom.